The Labute approximate surface area is 73.3 Å². The van der Waals surface area contributed by atoms with Crippen molar-refractivity contribution < 1.29 is 0 Å². The van der Waals surface area contributed by atoms with Crippen LogP contribution < -0.4 is 0 Å². The highest BCUT2D eigenvalue weighted by atomic mass is 14.4. The molecule has 0 atom stereocenters. The predicted molar refractivity (Wildman–Crippen MR) is 52.9 cm³/mol. The van der Waals surface area contributed by atoms with E-state index in [4.69, 9.17) is 5.41 Å². The van der Waals surface area contributed by atoms with Crippen molar-refractivity contribution in [3.63, 3.8) is 0 Å². The van der Waals surface area contributed by atoms with Crippen LogP contribution in [-0.2, 0) is 0 Å². The normalized spacial score (nSPS) is 9.50. The molecule has 0 unspecified atom stereocenters. The summed E-state index contributed by atoms with van der Waals surface area (Å²) in [7, 11) is 0. The highest BCUT2D eigenvalue weighted by molar-refractivity contribution is 6.08. The molecule has 1 aromatic carbocycles. The molecule has 0 saturated heterocycles. The van der Waals surface area contributed by atoms with E-state index in [2.05, 4.69) is 6.58 Å². The molecule has 0 fully saturated rings. The van der Waals surface area contributed by atoms with Crippen molar-refractivity contribution in [2.75, 3.05) is 0 Å². The first kappa shape index (κ1) is 8.72. The van der Waals surface area contributed by atoms with E-state index in [9.17, 15) is 0 Å². The molecule has 0 aliphatic heterocycles. The predicted octanol–water partition coefficient (Wildman–Crippen LogP) is 2.86. The van der Waals surface area contributed by atoms with Gasteiger partial charge in [-0.15, -0.1) is 0 Å². The van der Waals surface area contributed by atoms with Gasteiger partial charge in [-0.2, -0.15) is 0 Å². The molecule has 1 N–H and O–H groups in total. The van der Waals surface area contributed by atoms with Crippen molar-refractivity contribution in [3.8, 4) is 0 Å². The number of allylic oxidation sites excluding steroid dienone is 1. The molecule has 12 heavy (non-hydrogen) atoms. The molecule has 1 rings (SSSR count). The van der Waals surface area contributed by atoms with E-state index in [0.29, 0.717) is 5.71 Å². The molecule has 0 aliphatic rings. The highest BCUT2D eigenvalue weighted by Crippen LogP contribution is 2.13. The fourth-order valence-electron chi connectivity index (χ4n) is 1.34. The van der Waals surface area contributed by atoms with E-state index >= 15 is 0 Å². The van der Waals surface area contributed by atoms with E-state index in [0.717, 1.165) is 16.7 Å². The van der Waals surface area contributed by atoms with Crippen LogP contribution >= 0.6 is 0 Å². The maximum atomic E-state index is 7.64. The summed E-state index contributed by atoms with van der Waals surface area (Å²) in [5.74, 6) is 0. The number of hydrogen-bond acceptors (Lipinski definition) is 1. The van der Waals surface area contributed by atoms with Crippen LogP contribution in [0.25, 0.3) is 0 Å². The summed E-state index contributed by atoms with van der Waals surface area (Å²) in [5.41, 5.74) is 3.79. The zero-order valence-electron chi connectivity index (χ0n) is 7.52. The molecule has 0 aliphatic carbocycles. The summed E-state index contributed by atoms with van der Waals surface area (Å²) in [5, 5.41) is 7.64. The van der Waals surface area contributed by atoms with Crippen molar-refractivity contribution in [3.05, 3.63) is 47.5 Å². The quantitative estimate of drug-likeness (QED) is 0.641. The second-order valence-electron chi connectivity index (χ2n) is 2.88. The molecule has 0 radical (unpaired) electrons. The Morgan fingerprint density at radius 3 is 2.25 bits per heavy atom. The van der Waals surface area contributed by atoms with Crippen LogP contribution in [0.15, 0.2) is 30.9 Å². The van der Waals surface area contributed by atoms with Crippen molar-refractivity contribution in [1.29, 1.82) is 5.41 Å². The minimum atomic E-state index is 0.505. The van der Waals surface area contributed by atoms with E-state index in [1.54, 1.807) is 6.08 Å². The van der Waals surface area contributed by atoms with Crippen LogP contribution in [0.3, 0.4) is 0 Å². The molecule has 1 heteroatoms. The summed E-state index contributed by atoms with van der Waals surface area (Å²) in [6.07, 6.45) is 1.58. The summed E-state index contributed by atoms with van der Waals surface area (Å²) in [4.78, 5) is 0. The third-order valence-corrected chi connectivity index (χ3v) is 1.95. The van der Waals surface area contributed by atoms with Gasteiger partial charge in [-0.25, -0.2) is 0 Å². The SMILES string of the molecule is C=CC(=N)c1c(C)cccc1C. The number of hydrogen-bond donors (Lipinski definition) is 1. The standard InChI is InChI=1S/C11H13N/c1-4-10(12)11-8(2)6-5-7-9(11)3/h4-7,12H,1H2,2-3H3. The molecule has 0 spiro atoms. The van der Waals surface area contributed by atoms with Gasteiger partial charge in [0.2, 0.25) is 0 Å². The van der Waals surface area contributed by atoms with Gasteiger partial charge in [-0.1, -0.05) is 24.8 Å². The van der Waals surface area contributed by atoms with Crippen molar-refractivity contribution in [1.82, 2.24) is 0 Å². The minimum absolute atomic E-state index is 0.505. The van der Waals surface area contributed by atoms with Gasteiger partial charge in [0, 0.05) is 5.56 Å². The Morgan fingerprint density at radius 1 is 1.33 bits per heavy atom. The fraction of sp³-hybridized carbons (Fsp3) is 0.182. The van der Waals surface area contributed by atoms with Crippen LogP contribution in [0.4, 0.5) is 0 Å². The lowest BCUT2D eigenvalue weighted by Gasteiger charge is -2.06. The number of benzene rings is 1. The Kier molecular flexibility index (Phi) is 2.44. The molecule has 1 aromatic rings. The van der Waals surface area contributed by atoms with Gasteiger partial charge in [0.05, 0.1) is 5.71 Å². The minimum Gasteiger partial charge on any atom is -0.300 e. The van der Waals surface area contributed by atoms with Gasteiger partial charge < -0.3 is 5.41 Å². The third-order valence-electron chi connectivity index (χ3n) is 1.95. The van der Waals surface area contributed by atoms with E-state index < -0.39 is 0 Å². The summed E-state index contributed by atoms with van der Waals surface area (Å²) in [6, 6.07) is 6.03. The van der Waals surface area contributed by atoms with E-state index in [-0.39, 0.29) is 0 Å². The molecule has 0 heterocycles. The number of rotatable bonds is 2. The van der Waals surface area contributed by atoms with Crippen LogP contribution in [-0.4, -0.2) is 5.71 Å². The third kappa shape index (κ3) is 1.45. The lowest BCUT2D eigenvalue weighted by atomic mass is 9.99. The molecule has 62 valence electrons. The van der Waals surface area contributed by atoms with Gasteiger partial charge in [0.25, 0.3) is 0 Å². The van der Waals surface area contributed by atoms with Gasteiger partial charge in [0.1, 0.15) is 0 Å². The maximum absolute atomic E-state index is 7.64. The Balaban J connectivity index is 3.30. The largest absolute Gasteiger partial charge is 0.300 e. The molecule has 0 amide bonds. The molecule has 0 bridgehead atoms. The summed E-state index contributed by atoms with van der Waals surface area (Å²) < 4.78 is 0. The van der Waals surface area contributed by atoms with Crippen LogP contribution in [0.2, 0.25) is 0 Å². The fourth-order valence-corrected chi connectivity index (χ4v) is 1.34. The lowest BCUT2D eigenvalue weighted by Crippen LogP contribution is -2.00. The highest BCUT2D eigenvalue weighted by Gasteiger charge is 2.03. The van der Waals surface area contributed by atoms with Crippen molar-refractivity contribution in [2.45, 2.75) is 13.8 Å². The van der Waals surface area contributed by atoms with Crippen LogP contribution in [0.1, 0.15) is 16.7 Å². The Morgan fingerprint density at radius 2 is 1.83 bits per heavy atom. The van der Waals surface area contributed by atoms with E-state index in [1.165, 1.54) is 0 Å². The Bertz CT molecular complexity index is 304. The zero-order valence-corrected chi connectivity index (χ0v) is 7.52. The number of aryl methyl sites for hydroxylation is 2. The Hall–Kier alpha value is -1.37. The van der Waals surface area contributed by atoms with Crippen LogP contribution in [0, 0.1) is 19.3 Å². The molecule has 1 nitrogen and oxygen atoms in total. The second-order valence-corrected chi connectivity index (χ2v) is 2.88. The van der Waals surface area contributed by atoms with Gasteiger partial charge in [-0.05, 0) is 31.1 Å². The topological polar surface area (TPSA) is 23.9 Å². The second kappa shape index (κ2) is 3.35. The van der Waals surface area contributed by atoms with E-state index in [1.807, 2.05) is 32.0 Å². The summed E-state index contributed by atoms with van der Waals surface area (Å²) in [6.45, 7) is 7.62. The van der Waals surface area contributed by atoms with Gasteiger partial charge >= 0.3 is 0 Å². The first-order chi connectivity index (χ1) is 5.66. The van der Waals surface area contributed by atoms with Gasteiger partial charge in [0.15, 0.2) is 0 Å². The monoisotopic (exact) mass is 159 g/mol. The molecular weight excluding hydrogens is 146 g/mol. The van der Waals surface area contributed by atoms with Crippen molar-refractivity contribution >= 4 is 5.71 Å². The average molecular weight is 159 g/mol. The van der Waals surface area contributed by atoms with Crippen molar-refractivity contribution in [2.24, 2.45) is 0 Å². The first-order valence-corrected chi connectivity index (χ1v) is 3.94. The summed E-state index contributed by atoms with van der Waals surface area (Å²) >= 11 is 0. The smallest absolute Gasteiger partial charge is 0.0611 e. The zero-order chi connectivity index (χ0) is 9.14. The van der Waals surface area contributed by atoms with Crippen LogP contribution in [0.5, 0.6) is 0 Å². The molecule has 0 aromatic heterocycles. The molecular formula is C11H13N. The number of nitrogens with one attached hydrogen (secondary N) is 1. The first-order valence-electron chi connectivity index (χ1n) is 3.94. The maximum Gasteiger partial charge on any atom is 0.0611 e. The molecule has 0 saturated carbocycles. The average Bonchev–Trinajstić information content (AvgIpc) is 2.03. The van der Waals surface area contributed by atoms with Gasteiger partial charge in [-0.3, -0.25) is 0 Å². The lowest BCUT2D eigenvalue weighted by molar-refractivity contribution is 1.34.